The van der Waals surface area contributed by atoms with Crippen molar-refractivity contribution in [1.29, 1.82) is 0 Å². The molecule has 3 rings (SSSR count). The van der Waals surface area contributed by atoms with Gasteiger partial charge in [0.15, 0.2) is 0 Å². The van der Waals surface area contributed by atoms with Crippen molar-refractivity contribution in [3.8, 4) is 5.75 Å². The number of nitrogens with zero attached hydrogens (tertiary/aromatic N) is 2. The summed E-state index contributed by atoms with van der Waals surface area (Å²) < 4.78 is 10.4. The molecule has 0 unspecified atom stereocenters. The minimum absolute atomic E-state index is 0.165. The van der Waals surface area contributed by atoms with Crippen LogP contribution in [0.4, 0.5) is 0 Å². The number of carbonyl (C=O) groups excluding carboxylic acids is 2. The first kappa shape index (κ1) is 16.4. The number of likely N-dealkylation sites (tertiary alicyclic amines) is 1. The fourth-order valence-electron chi connectivity index (χ4n) is 2.92. The summed E-state index contributed by atoms with van der Waals surface area (Å²) in [6, 6.07) is 7.04. The number of aromatic nitrogens is 1. The van der Waals surface area contributed by atoms with Crippen LogP contribution in [0.5, 0.6) is 5.75 Å². The zero-order valence-electron chi connectivity index (χ0n) is 13.6. The van der Waals surface area contributed by atoms with Gasteiger partial charge in [-0.05, 0) is 24.6 Å². The van der Waals surface area contributed by atoms with Gasteiger partial charge in [-0.15, -0.1) is 11.3 Å². The normalized spacial score (nSPS) is 21.1. The maximum absolute atomic E-state index is 12.5. The highest BCUT2D eigenvalue weighted by atomic mass is 32.1. The van der Waals surface area contributed by atoms with Crippen molar-refractivity contribution in [2.24, 2.45) is 0 Å². The first-order chi connectivity index (χ1) is 11.5. The van der Waals surface area contributed by atoms with E-state index < -0.39 is 12.1 Å². The number of β-lactam (4-membered cyclic amide) rings is 1. The molecule has 1 aliphatic rings. The molecule has 2 heterocycles. The highest BCUT2D eigenvalue weighted by Crippen LogP contribution is 2.43. The van der Waals surface area contributed by atoms with Crippen molar-refractivity contribution < 1.29 is 19.1 Å². The Bertz CT molecular complexity index is 730. The van der Waals surface area contributed by atoms with Gasteiger partial charge in [0.2, 0.25) is 6.10 Å². The fraction of sp³-hybridized carbons (Fsp3) is 0.353. The number of methoxy groups -OCH3 is 1. The Hall–Kier alpha value is -2.41. The number of amides is 1. The molecule has 3 atom stereocenters. The molecule has 24 heavy (non-hydrogen) atoms. The van der Waals surface area contributed by atoms with E-state index in [1.165, 1.54) is 18.3 Å². The SMILES string of the molecule is COc1ccc([C@H](C)N2C(=O)[C@H](OC(C)=O)[C@@H]2c2cscn2)cc1. The van der Waals surface area contributed by atoms with Crippen molar-refractivity contribution in [2.75, 3.05) is 7.11 Å². The highest BCUT2D eigenvalue weighted by molar-refractivity contribution is 7.07. The van der Waals surface area contributed by atoms with E-state index in [1.807, 2.05) is 36.6 Å². The van der Waals surface area contributed by atoms with E-state index in [9.17, 15) is 9.59 Å². The Labute approximate surface area is 144 Å². The Morgan fingerprint density at radius 2 is 2.04 bits per heavy atom. The van der Waals surface area contributed by atoms with Crippen molar-refractivity contribution in [1.82, 2.24) is 9.88 Å². The number of hydrogen-bond acceptors (Lipinski definition) is 6. The van der Waals surface area contributed by atoms with Crippen LogP contribution in [-0.4, -0.2) is 35.0 Å². The van der Waals surface area contributed by atoms with Gasteiger partial charge >= 0.3 is 5.97 Å². The van der Waals surface area contributed by atoms with Crippen LogP contribution >= 0.6 is 11.3 Å². The Balaban J connectivity index is 1.87. The second-order valence-corrected chi connectivity index (χ2v) is 6.30. The number of thiazole rings is 1. The predicted molar refractivity (Wildman–Crippen MR) is 88.7 cm³/mol. The molecule has 1 saturated heterocycles. The van der Waals surface area contributed by atoms with E-state index in [2.05, 4.69) is 4.98 Å². The standard InChI is InChI=1S/C17H18N2O4S/c1-10(12-4-6-13(22-3)7-5-12)19-15(14-8-24-9-18-14)16(17(19)21)23-11(2)20/h4-10,15-16H,1-3H3/t10-,15-,16+/m0/s1. The average Bonchev–Trinajstić information content (AvgIpc) is 3.10. The number of carbonyl (C=O) groups is 2. The minimum Gasteiger partial charge on any atom is -0.497 e. The van der Waals surface area contributed by atoms with E-state index in [0.29, 0.717) is 0 Å². The van der Waals surface area contributed by atoms with E-state index in [1.54, 1.807) is 17.5 Å². The number of esters is 1. The summed E-state index contributed by atoms with van der Waals surface area (Å²) >= 11 is 1.45. The Morgan fingerprint density at radius 1 is 1.33 bits per heavy atom. The van der Waals surface area contributed by atoms with Crippen LogP contribution in [0, 0.1) is 0 Å². The van der Waals surface area contributed by atoms with E-state index in [4.69, 9.17) is 9.47 Å². The quantitative estimate of drug-likeness (QED) is 0.615. The molecule has 1 aliphatic heterocycles. The topological polar surface area (TPSA) is 68.7 Å². The first-order valence-corrected chi connectivity index (χ1v) is 8.48. The van der Waals surface area contributed by atoms with E-state index in [-0.39, 0.29) is 18.0 Å². The largest absolute Gasteiger partial charge is 0.497 e. The second-order valence-electron chi connectivity index (χ2n) is 5.58. The summed E-state index contributed by atoms with van der Waals surface area (Å²) in [7, 11) is 1.61. The van der Waals surface area contributed by atoms with Crippen LogP contribution in [-0.2, 0) is 14.3 Å². The third-order valence-corrected chi connectivity index (χ3v) is 4.75. The molecule has 0 radical (unpaired) electrons. The maximum Gasteiger partial charge on any atom is 0.303 e. The zero-order valence-corrected chi connectivity index (χ0v) is 14.4. The molecule has 0 saturated carbocycles. The number of hydrogen-bond donors (Lipinski definition) is 0. The molecular formula is C17H18N2O4S. The summed E-state index contributed by atoms with van der Waals surface area (Å²) in [5.74, 6) is 0.0894. The molecule has 0 bridgehead atoms. The lowest BCUT2D eigenvalue weighted by Gasteiger charge is -2.48. The lowest BCUT2D eigenvalue weighted by Crippen LogP contribution is -2.60. The summed E-state index contributed by atoms with van der Waals surface area (Å²) in [4.78, 5) is 29.9. The maximum atomic E-state index is 12.5. The van der Waals surface area contributed by atoms with Gasteiger partial charge in [-0.25, -0.2) is 4.98 Å². The van der Waals surface area contributed by atoms with Crippen LogP contribution in [0.1, 0.15) is 37.2 Å². The lowest BCUT2D eigenvalue weighted by atomic mass is 9.90. The van der Waals surface area contributed by atoms with Crippen LogP contribution in [0.3, 0.4) is 0 Å². The number of benzene rings is 1. The monoisotopic (exact) mass is 346 g/mol. The fourth-order valence-corrected chi connectivity index (χ4v) is 3.50. The molecule has 1 aromatic carbocycles. The lowest BCUT2D eigenvalue weighted by molar-refractivity contribution is -0.187. The van der Waals surface area contributed by atoms with Crippen LogP contribution < -0.4 is 4.74 Å². The Morgan fingerprint density at radius 3 is 2.58 bits per heavy atom. The van der Waals surface area contributed by atoms with Crippen molar-refractivity contribution in [2.45, 2.75) is 32.0 Å². The molecule has 1 amide bonds. The van der Waals surface area contributed by atoms with E-state index >= 15 is 0 Å². The Kier molecular flexibility index (Phi) is 4.53. The van der Waals surface area contributed by atoms with Gasteiger partial charge in [-0.2, -0.15) is 0 Å². The van der Waals surface area contributed by atoms with Gasteiger partial charge in [0.25, 0.3) is 5.91 Å². The third kappa shape index (κ3) is 2.87. The van der Waals surface area contributed by atoms with Gasteiger partial charge in [-0.3, -0.25) is 9.59 Å². The second kappa shape index (κ2) is 6.60. The van der Waals surface area contributed by atoms with E-state index in [0.717, 1.165) is 17.0 Å². The van der Waals surface area contributed by atoms with Crippen molar-refractivity contribution >= 4 is 23.2 Å². The van der Waals surface area contributed by atoms with Gasteiger partial charge in [0.05, 0.1) is 24.4 Å². The smallest absolute Gasteiger partial charge is 0.303 e. The van der Waals surface area contributed by atoms with Crippen molar-refractivity contribution in [3.63, 3.8) is 0 Å². The van der Waals surface area contributed by atoms with Gasteiger partial charge in [-0.1, -0.05) is 12.1 Å². The molecular weight excluding hydrogens is 328 g/mol. The molecule has 6 nitrogen and oxygen atoms in total. The summed E-state index contributed by atoms with van der Waals surface area (Å²) in [6.07, 6.45) is -0.801. The molecule has 7 heteroatoms. The minimum atomic E-state index is -0.801. The van der Waals surface area contributed by atoms with Gasteiger partial charge in [0.1, 0.15) is 11.8 Å². The van der Waals surface area contributed by atoms with Gasteiger partial charge < -0.3 is 14.4 Å². The molecule has 1 aromatic heterocycles. The van der Waals surface area contributed by atoms with Gasteiger partial charge in [0, 0.05) is 12.3 Å². The third-order valence-electron chi connectivity index (χ3n) is 4.15. The predicted octanol–water partition coefficient (Wildman–Crippen LogP) is 2.73. The number of rotatable bonds is 5. The van der Waals surface area contributed by atoms with Crippen LogP contribution in [0.15, 0.2) is 35.2 Å². The number of ether oxygens (including phenoxy) is 2. The molecule has 0 spiro atoms. The summed E-state index contributed by atoms with van der Waals surface area (Å²) in [5, 5.41) is 1.88. The molecule has 0 N–H and O–H groups in total. The molecule has 126 valence electrons. The average molecular weight is 346 g/mol. The molecule has 2 aromatic rings. The molecule has 1 fully saturated rings. The summed E-state index contributed by atoms with van der Waals surface area (Å²) in [5.41, 5.74) is 3.43. The summed E-state index contributed by atoms with van der Waals surface area (Å²) in [6.45, 7) is 3.25. The van der Waals surface area contributed by atoms with Crippen LogP contribution in [0.25, 0.3) is 0 Å². The molecule has 0 aliphatic carbocycles. The zero-order chi connectivity index (χ0) is 17.3. The van der Waals surface area contributed by atoms with Crippen LogP contribution in [0.2, 0.25) is 0 Å². The first-order valence-electron chi connectivity index (χ1n) is 7.54. The highest BCUT2D eigenvalue weighted by Gasteiger charge is 2.53. The van der Waals surface area contributed by atoms with Crippen molar-refractivity contribution in [3.05, 3.63) is 46.4 Å².